The number of amides is 1. The standard InChI is InChI=1S/C18H13F3N2O4S/c1-11(16(25)23-17-13(10-22)8-9-28-17)26-15(24)7-4-12-2-5-14(6-3-12)27-18(19,20)21/h2-9,11H,1H3,(H,23,25)/b7-4+/t11-/m0/s1. The van der Waals surface area contributed by atoms with E-state index in [1.165, 1.54) is 25.1 Å². The second-order valence-electron chi connectivity index (χ2n) is 5.29. The molecule has 0 saturated carbocycles. The SMILES string of the molecule is C[C@H](OC(=O)/C=C/c1ccc(OC(F)(F)F)cc1)C(=O)Nc1sccc1C#N. The van der Waals surface area contributed by atoms with E-state index in [0.29, 0.717) is 16.1 Å². The van der Waals surface area contributed by atoms with Crippen molar-refractivity contribution in [3.63, 3.8) is 0 Å². The van der Waals surface area contributed by atoms with E-state index in [1.807, 2.05) is 6.07 Å². The number of benzene rings is 1. The first kappa shape index (κ1) is 21.0. The lowest BCUT2D eigenvalue weighted by Crippen LogP contribution is -2.29. The maximum absolute atomic E-state index is 12.1. The summed E-state index contributed by atoms with van der Waals surface area (Å²) >= 11 is 1.16. The lowest BCUT2D eigenvalue weighted by molar-refractivity contribution is -0.274. The number of esters is 1. The molecule has 0 fully saturated rings. The molecule has 28 heavy (non-hydrogen) atoms. The summed E-state index contributed by atoms with van der Waals surface area (Å²) < 4.78 is 45.0. The van der Waals surface area contributed by atoms with Crippen molar-refractivity contribution in [1.82, 2.24) is 0 Å². The first-order valence-electron chi connectivity index (χ1n) is 7.71. The average molecular weight is 410 g/mol. The van der Waals surface area contributed by atoms with E-state index in [9.17, 15) is 22.8 Å². The molecule has 146 valence electrons. The fourth-order valence-corrected chi connectivity index (χ4v) is 2.66. The minimum atomic E-state index is -4.78. The number of rotatable bonds is 6. The van der Waals surface area contributed by atoms with Crippen molar-refractivity contribution in [2.24, 2.45) is 0 Å². The highest BCUT2D eigenvalue weighted by Crippen LogP contribution is 2.23. The van der Waals surface area contributed by atoms with Crippen molar-refractivity contribution >= 4 is 34.3 Å². The van der Waals surface area contributed by atoms with Crippen LogP contribution in [-0.4, -0.2) is 24.3 Å². The molecule has 1 aromatic carbocycles. The van der Waals surface area contributed by atoms with Gasteiger partial charge in [-0.2, -0.15) is 5.26 Å². The van der Waals surface area contributed by atoms with Crippen LogP contribution in [0.3, 0.4) is 0 Å². The number of hydrogen-bond acceptors (Lipinski definition) is 6. The number of halogens is 3. The van der Waals surface area contributed by atoms with E-state index in [4.69, 9.17) is 10.00 Å². The Labute approximate surface area is 161 Å². The third kappa shape index (κ3) is 6.44. The maximum Gasteiger partial charge on any atom is 0.573 e. The van der Waals surface area contributed by atoms with Gasteiger partial charge in [0, 0.05) is 6.08 Å². The number of thiophene rings is 1. The maximum atomic E-state index is 12.1. The van der Waals surface area contributed by atoms with Crippen LogP contribution in [0.25, 0.3) is 6.08 Å². The quantitative estimate of drug-likeness (QED) is 0.572. The van der Waals surface area contributed by atoms with E-state index < -0.39 is 24.3 Å². The number of ether oxygens (including phenoxy) is 2. The highest BCUT2D eigenvalue weighted by Gasteiger charge is 2.30. The van der Waals surface area contributed by atoms with Gasteiger partial charge in [0.15, 0.2) is 6.10 Å². The monoisotopic (exact) mass is 410 g/mol. The largest absolute Gasteiger partial charge is 0.573 e. The Balaban J connectivity index is 1.88. The van der Waals surface area contributed by atoms with Crippen LogP contribution < -0.4 is 10.1 Å². The fraction of sp³-hybridized carbons (Fsp3) is 0.167. The Kier molecular flexibility index (Phi) is 6.79. The third-order valence-corrected chi connectivity index (χ3v) is 4.04. The minimum absolute atomic E-state index is 0.301. The molecule has 0 aliphatic carbocycles. The number of carbonyl (C=O) groups excluding carboxylic acids is 2. The van der Waals surface area contributed by atoms with Crippen LogP contribution in [0.1, 0.15) is 18.1 Å². The first-order valence-corrected chi connectivity index (χ1v) is 8.59. The molecule has 0 bridgehead atoms. The number of hydrogen-bond donors (Lipinski definition) is 1. The Morgan fingerprint density at radius 1 is 1.25 bits per heavy atom. The second-order valence-corrected chi connectivity index (χ2v) is 6.21. The summed E-state index contributed by atoms with van der Waals surface area (Å²) in [5.41, 5.74) is 0.732. The Bertz CT molecular complexity index is 914. The van der Waals surface area contributed by atoms with Gasteiger partial charge in [-0.1, -0.05) is 12.1 Å². The molecule has 0 saturated heterocycles. The van der Waals surface area contributed by atoms with Crippen LogP contribution in [0.5, 0.6) is 5.75 Å². The van der Waals surface area contributed by atoms with E-state index in [0.717, 1.165) is 29.5 Å². The molecule has 10 heteroatoms. The predicted octanol–water partition coefficient (Wildman–Crippen LogP) is 4.10. The Morgan fingerprint density at radius 3 is 2.54 bits per heavy atom. The lowest BCUT2D eigenvalue weighted by Gasteiger charge is -2.11. The number of carbonyl (C=O) groups is 2. The lowest BCUT2D eigenvalue weighted by atomic mass is 10.2. The van der Waals surface area contributed by atoms with E-state index in [2.05, 4.69) is 10.1 Å². The van der Waals surface area contributed by atoms with Gasteiger partial charge in [0.1, 0.15) is 16.8 Å². The number of nitrogens with one attached hydrogen (secondary N) is 1. The van der Waals surface area contributed by atoms with Crippen molar-refractivity contribution in [3.8, 4) is 11.8 Å². The molecular weight excluding hydrogens is 397 g/mol. The van der Waals surface area contributed by atoms with Crippen LogP contribution in [-0.2, 0) is 14.3 Å². The molecule has 0 aliphatic heterocycles. The zero-order chi connectivity index (χ0) is 20.7. The zero-order valence-electron chi connectivity index (χ0n) is 14.3. The summed E-state index contributed by atoms with van der Waals surface area (Å²) in [5.74, 6) is -1.80. The van der Waals surface area contributed by atoms with Crippen molar-refractivity contribution < 1.29 is 32.2 Å². The summed E-state index contributed by atoms with van der Waals surface area (Å²) in [4.78, 5) is 23.8. The van der Waals surface area contributed by atoms with Gasteiger partial charge in [0.2, 0.25) is 0 Å². The Hall–Kier alpha value is -3.32. The van der Waals surface area contributed by atoms with E-state index in [1.54, 1.807) is 11.4 Å². The van der Waals surface area contributed by atoms with E-state index >= 15 is 0 Å². The number of nitrogens with zero attached hydrogens (tertiary/aromatic N) is 1. The van der Waals surface area contributed by atoms with Gasteiger partial charge in [-0.3, -0.25) is 4.79 Å². The van der Waals surface area contributed by atoms with Crippen molar-refractivity contribution in [1.29, 1.82) is 5.26 Å². The van der Waals surface area contributed by atoms with Crippen LogP contribution in [0, 0.1) is 11.3 Å². The van der Waals surface area contributed by atoms with Crippen LogP contribution in [0.15, 0.2) is 41.8 Å². The van der Waals surface area contributed by atoms with Gasteiger partial charge in [-0.15, -0.1) is 24.5 Å². The number of nitriles is 1. The van der Waals surface area contributed by atoms with Gasteiger partial charge in [0.25, 0.3) is 5.91 Å². The molecule has 6 nitrogen and oxygen atoms in total. The normalized spacial score (nSPS) is 12.2. The van der Waals surface area contributed by atoms with Gasteiger partial charge < -0.3 is 14.8 Å². The summed E-state index contributed by atoms with van der Waals surface area (Å²) in [6, 6.07) is 8.31. The predicted molar refractivity (Wildman–Crippen MR) is 95.4 cm³/mol. The summed E-state index contributed by atoms with van der Waals surface area (Å²) in [7, 11) is 0. The number of alkyl halides is 3. The highest BCUT2D eigenvalue weighted by atomic mass is 32.1. The summed E-state index contributed by atoms with van der Waals surface area (Å²) in [6.45, 7) is 1.37. The van der Waals surface area contributed by atoms with Crippen LogP contribution >= 0.6 is 11.3 Å². The molecule has 0 radical (unpaired) electrons. The molecule has 0 unspecified atom stereocenters. The topological polar surface area (TPSA) is 88.4 Å². The number of anilines is 1. The molecule has 0 aliphatic rings. The molecule has 0 spiro atoms. The molecule has 1 atom stereocenters. The highest BCUT2D eigenvalue weighted by molar-refractivity contribution is 7.14. The Morgan fingerprint density at radius 2 is 1.93 bits per heavy atom. The second kappa shape index (κ2) is 9.05. The molecule has 2 aromatic rings. The first-order chi connectivity index (χ1) is 13.2. The van der Waals surface area contributed by atoms with Crippen molar-refractivity contribution in [3.05, 3.63) is 52.9 Å². The molecule has 1 N–H and O–H groups in total. The molecular formula is C18H13F3N2O4S. The smallest absolute Gasteiger partial charge is 0.449 e. The zero-order valence-corrected chi connectivity index (χ0v) is 15.1. The molecule has 1 amide bonds. The van der Waals surface area contributed by atoms with Gasteiger partial charge in [-0.05, 0) is 42.1 Å². The average Bonchev–Trinajstić information content (AvgIpc) is 3.07. The van der Waals surface area contributed by atoms with Crippen molar-refractivity contribution in [2.45, 2.75) is 19.4 Å². The molecule has 1 aromatic heterocycles. The van der Waals surface area contributed by atoms with Crippen LogP contribution in [0.2, 0.25) is 0 Å². The van der Waals surface area contributed by atoms with Gasteiger partial charge in [-0.25, -0.2) is 4.79 Å². The molecule has 2 rings (SSSR count). The van der Waals surface area contributed by atoms with Gasteiger partial charge in [0.05, 0.1) is 5.56 Å². The fourth-order valence-electron chi connectivity index (χ4n) is 1.92. The van der Waals surface area contributed by atoms with Crippen molar-refractivity contribution in [2.75, 3.05) is 5.32 Å². The summed E-state index contributed by atoms with van der Waals surface area (Å²) in [5, 5.41) is 13.4. The third-order valence-electron chi connectivity index (χ3n) is 3.21. The minimum Gasteiger partial charge on any atom is -0.449 e. The summed E-state index contributed by atoms with van der Waals surface area (Å²) in [6.07, 6.45) is -3.55. The van der Waals surface area contributed by atoms with E-state index in [-0.39, 0.29) is 5.75 Å². The molecule has 1 heterocycles. The van der Waals surface area contributed by atoms with Gasteiger partial charge >= 0.3 is 12.3 Å². The van der Waals surface area contributed by atoms with Crippen LogP contribution in [0.4, 0.5) is 18.2 Å².